The average molecular weight is 334 g/mol. The van der Waals surface area contributed by atoms with Crippen molar-refractivity contribution >= 4 is 11.6 Å². The van der Waals surface area contributed by atoms with Gasteiger partial charge >= 0.3 is 0 Å². The number of rotatable bonds is 3. The van der Waals surface area contributed by atoms with Crippen molar-refractivity contribution < 1.29 is 0 Å². The molecule has 0 N–H and O–H groups in total. The molecule has 0 spiro atoms. The SMILES string of the molecule is Cc1ccc(N2CCN(c3nccc(-n4ccc(C)n4)n3)CC2)cc1. The van der Waals surface area contributed by atoms with Crippen LogP contribution in [0.1, 0.15) is 11.3 Å². The van der Waals surface area contributed by atoms with Gasteiger partial charge in [-0.15, -0.1) is 0 Å². The molecule has 0 amide bonds. The summed E-state index contributed by atoms with van der Waals surface area (Å²) in [5.41, 5.74) is 3.56. The van der Waals surface area contributed by atoms with Gasteiger partial charge in [0.1, 0.15) is 0 Å². The van der Waals surface area contributed by atoms with Crippen LogP contribution in [0, 0.1) is 13.8 Å². The maximum Gasteiger partial charge on any atom is 0.227 e. The minimum atomic E-state index is 0.772. The quantitative estimate of drug-likeness (QED) is 0.737. The molecule has 1 fully saturated rings. The summed E-state index contributed by atoms with van der Waals surface area (Å²) in [4.78, 5) is 13.8. The number of benzene rings is 1. The first-order valence-electron chi connectivity index (χ1n) is 8.61. The van der Waals surface area contributed by atoms with Crippen LogP contribution in [0.25, 0.3) is 5.82 Å². The van der Waals surface area contributed by atoms with Gasteiger partial charge in [-0.05, 0) is 32.0 Å². The van der Waals surface area contributed by atoms with Gasteiger partial charge in [-0.2, -0.15) is 10.1 Å². The Kier molecular flexibility index (Phi) is 4.09. The molecule has 3 heterocycles. The third-order valence-electron chi connectivity index (χ3n) is 4.55. The van der Waals surface area contributed by atoms with Crippen molar-refractivity contribution in [1.29, 1.82) is 0 Å². The number of anilines is 2. The van der Waals surface area contributed by atoms with Gasteiger partial charge < -0.3 is 9.80 Å². The van der Waals surface area contributed by atoms with Crippen LogP contribution in [-0.4, -0.2) is 45.9 Å². The van der Waals surface area contributed by atoms with Gasteiger partial charge in [0.15, 0.2) is 5.82 Å². The maximum absolute atomic E-state index is 4.69. The number of hydrogen-bond donors (Lipinski definition) is 0. The lowest BCUT2D eigenvalue weighted by atomic mass is 10.2. The molecule has 0 unspecified atom stereocenters. The molecule has 6 nitrogen and oxygen atoms in total. The Bertz CT molecular complexity index is 846. The molecular formula is C19H22N6. The van der Waals surface area contributed by atoms with Crippen LogP contribution in [0.5, 0.6) is 0 Å². The summed E-state index contributed by atoms with van der Waals surface area (Å²) >= 11 is 0. The maximum atomic E-state index is 4.69. The number of aryl methyl sites for hydroxylation is 2. The van der Waals surface area contributed by atoms with E-state index in [1.807, 2.05) is 25.3 Å². The lowest BCUT2D eigenvalue weighted by Crippen LogP contribution is -2.47. The lowest BCUT2D eigenvalue weighted by molar-refractivity contribution is 0.638. The molecule has 3 aromatic rings. The molecule has 25 heavy (non-hydrogen) atoms. The minimum absolute atomic E-state index is 0.772. The molecule has 1 aliphatic heterocycles. The molecule has 4 rings (SSSR count). The van der Waals surface area contributed by atoms with E-state index in [1.165, 1.54) is 11.3 Å². The summed E-state index contributed by atoms with van der Waals surface area (Å²) < 4.78 is 1.79. The zero-order valence-corrected chi connectivity index (χ0v) is 14.6. The third kappa shape index (κ3) is 3.33. The Balaban J connectivity index is 1.46. The Hall–Kier alpha value is -2.89. The fourth-order valence-corrected chi connectivity index (χ4v) is 3.08. The molecule has 0 atom stereocenters. The van der Waals surface area contributed by atoms with E-state index in [4.69, 9.17) is 0 Å². The van der Waals surface area contributed by atoms with Crippen LogP contribution in [0.15, 0.2) is 48.8 Å². The molecule has 128 valence electrons. The molecule has 0 aliphatic carbocycles. The second-order valence-electron chi connectivity index (χ2n) is 6.43. The van der Waals surface area contributed by atoms with Gasteiger partial charge in [0, 0.05) is 50.3 Å². The van der Waals surface area contributed by atoms with E-state index in [0.29, 0.717) is 0 Å². The molecule has 0 bridgehead atoms. The van der Waals surface area contributed by atoms with Crippen LogP contribution in [0.2, 0.25) is 0 Å². The minimum Gasteiger partial charge on any atom is -0.368 e. The fraction of sp³-hybridized carbons (Fsp3) is 0.316. The topological polar surface area (TPSA) is 50.1 Å². The zero-order chi connectivity index (χ0) is 17.2. The Labute approximate surface area is 147 Å². The van der Waals surface area contributed by atoms with Gasteiger partial charge in [-0.3, -0.25) is 0 Å². The van der Waals surface area contributed by atoms with Crippen molar-refractivity contribution in [2.75, 3.05) is 36.0 Å². The normalized spacial score (nSPS) is 14.8. The smallest absolute Gasteiger partial charge is 0.227 e. The van der Waals surface area contributed by atoms with Gasteiger partial charge in [0.25, 0.3) is 0 Å². The molecule has 1 saturated heterocycles. The van der Waals surface area contributed by atoms with Crippen LogP contribution >= 0.6 is 0 Å². The Morgan fingerprint density at radius 3 is 2.24 bits per heavy atom. The summed E-state index contributed by atoms with van der Waals surface area (Å²) in [6, 6.07) is 12.6. The van der Waals surface area contributed by atoms with E-state index < -0.39 is 0 Å². The van der Waals surface area contributed by atoms with Gasteiger partial charge in [0.2, 0.25) is 5.95 Å². The highest BCUT2D eigenvalue weighted by atomic mass is 15.4. The Morgan fingerprint density at radius 1 is 0.840 bits per heavy atom. The van der Waals surface area contributed by atoms with Gasteiger partial charge in [-0.25, -0.2) is 9.67 Å². The highest BCUT2D eigenvalue weighted by Gasteiger charge is 2.19. The zero-order valence-electron chi connectivity index (χ0n) is 14.6. The van der Waals surface area contributed by atoms with Crippen LogP contribution in [0.3, 0.4) is 0 Å². The summed E-state index contributed by atoms with van der Waals surface area (Å²) in [7, 11) is 0. The number of aromatic nitrogens is 4. The average Bonchev–Trinajstić information content (AvgIpc) is 3.09. The van der Waals surface area contributed by atoms with Gasteiger partial charge in [-0.1, -0.05) is 17.7 Å². The summed E-state index contributed by atoms with van der Waals surface area (Å²) in [5, 5.41) is 4.43. The third-order valence-corrected chi connectivity index (χ3v) is 4.55. The second-order valence-corrected chi connectivity index (χ2v) is 6.43. The van der Waals surface area contributed by atoms with Crippen molar-refractivity contribution in [3.63, 3.8) is 0 Å². The van der Waals surface area contributed by atoms with Crippen molar-refractivity contribution in [3.8, 4) is 5.82 Å². The molecule has 6 heteroatoms. The molecule has 2 aromatic heterocycles. The standard InChI is InChI=1S/C19H22N6/c1-15-3-5-17(6-4-15)23-11-13-24(14-12-23)19-20-9-7-18(21-19)25-10-8-16(2)22-25/h3-10H,11-14H2,1-2H3. The molecule has 1 aromatic carbocycles. The largest absolute Gasteiger partial charge is 0.368 e. The van der Waals surface area contributed by atoms with E-state index >= 15 is 0 Å². The summed E-state index contributed by atoms with van der Waals surface area (Å²) in [6.45, 7) is 7.86. The number of nitrogens with zero attached hydrogens (tertiary/aromatic N) is 6. The van der Waals surface area contributed by atoms with Crippen molar-refractivity contribution in [2.24, 2.45) is 0 Å². The summed E-state index contributed by atoms with van der Waals surface area (Å²) in [6.07, 6.45) is 3.73. The summed E-state index contributed by atoms with van der Waals surface area (Å²) in [5.74, 6) is 1.58. The molecular weight excluding hydrogens is 312 g/mol. The first-order chi connectivity index (χ1) is 12.2. The van der Waals surface area contributed by atoms with Crippen LogP contribution in [-0.2, 0) is 0 Å². The lowest BCUT2D eigenvalue weighted by Gasteiger charge is -2.36. The first kappa shape index (κ1) is 15.6. The predicted octanol–water partition coefficient (Wildman–Crippen LogP) is 2.61. The van der Waals surface area contributed by atoms with Crippen molar-refractivity contribution in [3.05, 3.63) is 60.0 Å². The fourth-order valence-electron chi connectivity index (χ4n) is 3.08. The molecule has 0 radical (unpaired) electrons. The number of piperazine rings is 1. The van der Waals surface area contributed by atoms with Crippen LogP contribution in [0.4, 0.5) is 11.6 Å². The second kappa shape index (κ2) is 6.55. The van der Waals surface area contributed by atoms with Crippen molar-refractivity contribution in [1.82, 2.24) is 19.7 Å². The first-order valence-corrected chi connectivity index (χ1v) is 8.61. The predicted molar refractivity (Wildman–Crippen MR) is 99.5 cm³/mol. The highest BCUT2D eigenvalue weighted by molar-refractivity contribution is 5.49. The van der Waals surface area contributed by atoms with E-state index in [-0.39, 0.29) is 0 Å². The monoisotopic (exact) mass is 334 g/mol. The number of hydrogen-bond acceptors (Lipinski definition) is 5. The van der Waals surface area contributed by atoms with Crippen LogP contribution < -0.4 is 9.80 Å². The van der Waals surface area contributed by atoms with E-state index in [0.717, 1.165) is 43.6 Å². The molecule has 0 saturated carbocycles. The Morgan fingerprint density at radius 2 is 1.56 bits per heavy atom. The van der Waals surface area contributed by atoms with Gasteiger partial charge in [0.05, 0.1) is 5.69 Å². The van der Waals surface area contributed by atoms with E-state index in [2.05, 4.69) is 56.1 Å². The highest BCUT2D eigenvalue weighted by Crippen LogP contribution is 2.19. The van der Waals surface area contributed by atoms with Crippen molar-refractivity contribution in [2.45, 2.75) is 13.8 Å². The van der Waals surface area contributed by atoms with E-state index in [9.17, 15) is 0 Å². The molecule has 1 aliphatic rings. The van der Waals surface area contributed by atoms with E-state index in [1.54, 1.807) is 10.9 Å².